The lowest BCUT2D eigenvalue weighted by atomic mass is 9.91. The van der Waals surface area contributed by atoms with Gasteiger partial charge >= 0.3 is 5.97 Å². The molecule has 0 aromatic rings. The van der Waals surface area contributed by atoms with Crippen LogP contribution in [-0.4, -0.2) is 22.6 Å². The molecule has 0 amide bonds. The fourth-order valence-corrected chi connectivity index (χ4v) is 1.53. The van der Waals surface area contributed by atoms with Crippen LogP contribution in [0.3, 0.4) is 0 Å². The molecule has 0 saturated carbocycles. The normalized spacial score (nSPS) is 11.6. The van der Waals surface area contributed by atoms with Gasteiger partial charge in [0.15, 0.2) is 0 Å². The van der Waals surface area contributed by atoms with E-state index in [2.05, 4.69) is 20.8 Å². The van der Waals surface area contributed by atoms with E-state index in [0.717, 1.165) is 12.2 Å². The first-order valence-corrected chi connectivity index (χ1v) is 5.37. The number of hydrogen-bond donors (Lipinski definition) is 1. The average molecular weight is 190 g/mol. The Morgan fingerprint density at radius 3 is 2.42 bits per heavy atom. The van der Waals surface area contributed by atoms with Crippen molar-refractivity contribution in [2.24, 2.45) is 5.41 Å². The molecule has 0 atom stereocenters. The number of carbonyl (C=O) groups is 1. The molecule has 0 aliphatic rings. The van der Waals surface area contributed by atoms with Gasteiger partial charge in [0.1, 0.15) is 0 Å². The number of aliphatic carboxylic acids is 1. The first kappa shape index (κ1) is 11.8. The molecular weight excluding hydrogens is 172 g/mol. The van der Waals surface area contributed by atoms with Crippen LogP contribution in [0, 0.1) is 5.41 Å². The molecule has 1 N–H and O–H groups in total. The van der Waals surface area contributed by atoms with Crippen molar-refractivity contribution in [3.8, 4) is 0 Å². The predicted octanol–water partition coefficient (Wildman–Crippen LogP) is 2.63. The number of hydrogen-bond acceptors (Lipinski definition) is 2. The smallest absolute Gasteiger partial charge is 0.313 e. The Balaban J connectivity index is 3.17. The maximum absolute atomic E-state index is 10.1. The summed E-state index contributed by atoms with van der Waals surface area (Å²) in [6.45, 7) is 6.61. The summed E-state index contributed by atoms with van der Waals surface area (Å²) in [5.74, 6) is 0.490. The Bertz CT molecular complexity index is 138. The maximum atomic E-state index is 10.1. The molecule has 0 radical (unpaired) electrons. The summed E-state index contributed by atoms with van der Waals surface area (Å²) in [6, 6.07) is 0. The molecule has 0 fully saturated rings. The van der Waals surface area contributed by atoms with Gasteiger partial charge in [-0.1, -0.05) is 20.8 Å². The average Bonchev–Trinajstić information content (AvgIpc) is 1.83. The summed E-state index contributed by atoms with van der Waals surface area (Å²) in [5, 5.41) is 8.35. The van der Waals surface area contributed by atoms with Crippen LogP contribution in [-0.2, 0) is 4.79 Å². The van der Waals surface area contributed by atoms with E-state index in [4.69, 9.17) is 5.11 Å². The molecule has 0 aromatic heterocycles. The zero-order valence-electron chi connectivity index (χ0n) is 8.09. The van der Waals surface area contributed by atoms with Crippen molar-refractivity contribution in [2.75, 3.05) is 11.5 Å². The van der Waals surface area contributed by atoms with Crippen LogP contribution >= 0.6 is 11.8 Å². The molecule has 2 nitrogen and oxygen atoms in total. The lowest BCUT2D eigenvalue weighted by molar-refractivity contribution is -0.133. The van der Waals surface area contributed by atoms with Crippen LogP contribution in [0.5, 0.6) is 0 Å². The van der Waals surface area contributed by atoms with Crippen molar-refractivity contribution in [1.82, 2.24) is 0 Å². The van der Waals surface area contributed by atoms with Crippen LogP contribution in [0.15, 0.2) is 0 Å². The zero-order valence-corrected chi connectivity index (χ0v) is 8.91. The Labute approximate surface area is 78.7 Å². The third-order valence-electron chi connectivity index (χ3n) is 1.44. The molecule has 0 aromatic carbocycles. The Morgan fingerprint density at radius 2 is 2.00 bits per heavy atom. The molecule has 0 heterocycles. The monoisotopic (exact) mass is 190 g/mol. The molecule has 0 bridgehead atoms. The highest BCUT2D eigenvalue weighted by Gasteiger charge is 2.08. The van der Waals surface area contributed by atoms with E-state index >= 15 is 0 Å². The summed E-state index contributed by atoms with van der Waals surface area (Å²) >= 11 is 1.50. The van der Waals surface area contributed by atoms with E-state index in [1.54, 1.807) is 0 Å². The van der Waals surface area contributed by atoms with Gasteiger partial charge in [0.25, 0.3) is 0 Å². The van der Waals surface area contributed by atoms with Gasteiger partial charge in [-0.2, -0.15) is 11.8 Å². The minimum absolute atomic E-state index is 0.240. The highest BCUT2D eigenvalue weighted by atomic mass is 32.2. The van der Waals surface area contributed by atoms with Crippen molar-refractivity contribution in [3.05, 3.63) is 0 Å². The van der Waals surface area contributed by atoms with Crippen molar-refractivity contribution in [1.29, 1.82) is 0 Å². The minimum atomic E-state index is -0.712. The molecule has 12 heavy (non-hydrogen) atoms. The van der Waals surface area contributed by atoms with Gasteiger partial charge < -0.3 is 5.11 Å². The van der Waals surface area contributed by atoms with Crippen LogP contribution in [0.1, 0.15) is 33.6 Å². The molecule has 0 saturated heterocycles. The molecule has 0 rings (SSSR count). The number of carboxylic acid groups (broad SMARTS) is 1. The molecule has 0 aliphatic heterocycles. The summed E-state index contributed by atoms with van der Waals surface area (Å²) < 4.78 is 0. The quantitative estimate of drug-likeness (QED) is 0.677. The first-order valence-electron chi connectivity index (χ1n) is 4.21. The standard InChI is InChI=1S/C9H18O2S/c1-9(2,3)5-4-6-12-7-8(10)11/h4-7H2,1-3H3,(H,10,11). The van der Waals surface area contributed by atoms with Gasteiger partial charge in [-0.3, -0.25) is 4.79 Å². The molecule has 0 unspecified atom stereocenters. The Morgan fingerprint density at radius 1 is 1.42 bits per heavy atom. The van der Waals surface area contributed by atoms with Gasteiger partial charge in [0.2, 0.25) is 0 Å². The highest BCUT2D eigenvalue weighted by Crippen LogP contribution is 2.21. The van der Waals surface area contributed by atoms with Crippen LogP contribution in [0.25, 0.3) is 0 Å². The number of carboxylic acids is 1. The van der Waals surface area contributed by atoms with Crippen LogP contribution in [0.2, 0.25) is 0 Å². The molecule has 0 spiro atoms. The van der Waals surface area contributed by atoms with Crippen molar-refractivity contribution in [3.63, 3.8) is 0 Å². The number of thioether (sulfide) groups is 1. The van der Waals surface area contributed by atoms with E-state index in [1.165, 1.54) is 18.2 Å². The fourth-order valence-electron chi connectivity index (χ4n) is 0.864. The second kappa shape index (κ2) is 5.46. The second-order valence-electron chi connectivity index (χ2n) is 4.11. The predicted molar refractivity (Wildman–Crippen MR) is 53.6 cm³/mol. The first-order chi connectivity index (χ1) is 5.42. The van der Waals surface area contributed by atoms with Gasteiger partial charge in [-0.05, 0) is 24.0 Å². The lowest BCUT2D eigenvalue weighted by Crippen LogP contribution is -2.05. The van der Waals surface area contributed by atoms with E-state index in [0.29, 0.717) is 5.41 Å². The van der Waals surface area contributed by atoms with E-state index in [-0.39, 0.29) is 5.75 Å². The summed E-state index contributed by atoms with van der Waals surface area (Å²) in [6.07, 6.45) is 2.28. The summed E-state index contributed by atoms with van der Waals surface area (Å²) in [5.41, 5.74) is 0.379. The number of rotatable bonds is 5. The summed E-state index contributed by atoms with van der Waals surface area (Å²) in [7, 11) is 0. The summed E-state index contributed by atoms with van der Waals surface area (Å²) in [4.78, 5) is 10.1. The van der Waals surface area contributed by atoms with Crippen LogP contribution in [0.4, 0.5) is 0 Å². The highest BCUT2D eigenvalue weighted by molar-refractivity contribution is 7.99. The van der Waals surface area contributed by atoms with E-state index < -0.39 is 5.97 Å². The molecule has 3 heteroatoms. The third kappa shape index (κ3) is 9.82. The van der Waals surface area contributed by atoms with Crippen molar-refractivity contribution < 1.29 is 9.90 Å². The minimum Gasteiger partial charge on any atom is -0.481 e. The second-order valence-corrected chi connectivity index (χ2v) is 5.22. The topological polar surface area (TPSA) is 37.3 Å². The van der Waals surface area contributed by atoms with Gasteiger partial charge in [0.05, 0.1) is 5.75 Å². The molecule has 0 aliphatic carbocycles. The molecular formula is C9H18O2S. The molecule has 72 valence electrons. The Kier molecular flexibility index (Phi) is 5.38. The van der Waals surface area contributed by atoms with E-state index in [9.17, 15) is 4.79 Å². The van der Waals surface area contributed by atoms with Gasteiger partial charge in [0, 0.05) is 0 Å². The zero-order chi connectivity index (χ0) is 9.61. The Hall–Kier alpha value is -0.180. The maximum Gasteiger partial charge on any atom is 0.313 e. The van der Waals surface area contributed by atoms with Gasteiger partial charge in [-0.15, -0.1) is 0 Å². The van der Waals surface area contributed by atoms with Gasteiger partial charge in [-0.25, -0.2) is 0 Å². The SMILES string of the molecule is CC(C)(C)CCCSCC(=O)O. The fraction of sp³-hybridized carbons (Fsp3) is 0.889. The van der Waals surface area contributed by atoms with E-state index in [1.807, 2.05) is 0 Å². The largest absolute Gasteiger partial charge is 0.481 e. The van der Waals surface area contributed by atoms with Crippen LogP contribution < -0.4 is 0 Å². The van der Waals surface area contributed by atoms with Crippen molar-refractivity contribution in [2.45, 2.75) is 33.6 Å². The van der Waals surface area contributed by atoms with Crippen molar-refractivity contribution >= 4 is 17.7 Å². The lowest BCUT2D eigenvalue weighted by Gasteiger charge is -2.16. The third-order valence-corrected chi connectivity index (χ3v) is 2.47.